The third-order valence-electron chi connectivity index (χ3n) is 4.29. The SMILES string of the molecule is COc1cccc(-c2nc(-c3ccccc3)c(-c3ccccc3)[nH]2)c1O. The van der Waals surface area contributed by atoms with Gasteiger partial charge in [0.25, 0.3) is 0 Å². The van der Waals surface area contributed by atoms with Crippen molar-refractivity contribution >= 4 is 0 Å². The molecule has 4 aromatic rings. The number of phenolic OH excluding ortho intramolecular Hbond substituents is 1. The minimum absolute atomic E-state index is 0.0722. The summed E-state index contributed by atoms with van der Waals surface area (Å²) in [5, 5.41) is 10.5. The average molecular weight is 342 g/mol. The van der Waals surface area contributed by atoms with Gasteiger partial charge >= 0.3 is 0 Å². The molecular weight excluding hydrogens is 324 g/mol. The zero-order chi connectivity index (χ0) is 17.9. The molecule has 1 aromatic heterocycles. The number of nitrogens with one attached hydrogen (secondary N) is 1. The number of para-hydroxylation sites is 1. The number of aromatic amines is 1. The van der Waals surface area contributed by atoms with Crippen molar-refractivity contribution in [3.63, 3.8) is 0 Å². The molecule has 0 unspecified atom stereocenters. The molecule has 3 aromatic carbocycles. The van der Waals surface area contributed by atoms with Crippen LogP contribution in [0.25, 0.3) is 33.9 Å². The molecule has 0 aliphatic rings. The zero-order valence-corrected chi connectivity index (χ0v) is 14.3. The van der Waals surface area contributed by atoms with Gasteiger partial charge in [0.1, 0.15) is 5.82 Å². The number of hydrogen-bond donors (Lipinski definition) is 2. The second kappa shape index (κ2) is 6.76. The van der Waals surface area contributed by atoms with Crippen LogP contribution >= 0.6 is 0 Å². The third-order valence-corrected chi connectivity index (χ3v) is 4.29. The smallest absolute Gasteiger partial charge is 0.168 e. The van der Waals surface area contributed by atoms with Gasteiger partial charge in [0, 0.05) is 11.1 Å². The average Bonchev–Trinajstić information content (AvgIpc) is 3.15. The molecule has 0 fully saturated rings. The Balaban J connectivity index is 1.93. The summed E-state index contributed by atoms with van der Waals surface area (Å²) < 4.78 is 5.22. The number of nitrogens with zero attached hydrogens (tertiary/aromatic N) is 1. The lowest BCUT2D eigenvalue weighted by Gasteiger charge is -2.06. The van der Waals surface area contributed by atoms with Crippen LogP contribution < -0.4 is 4.74 Å². The van der Waals surface area contributed by atoms with E-state index in [-0.39, 0.29) is 5.75 Å². The number of H-pyrrole nitrogens is 1. The van der Waals surface area contributed by atoms with Crippen LogP contribution in [0.2, 0.25) is 0 Å². The normalized spacial score (nSPS) is 10.7. The Hall–Kier alpha value is -3.53. The fraction of sp³-hybridized carbons (Fsp3) is 0.0455. The molecule has 4 nitrogen and oxygen atoms in total. The first-order valence-electron chi connectivity index (χ1n) is 8.35. The maximum absolute atomic E-state index is 10.5. The molecule has 0 aliphatic carbocycles. The Labute approximate surface area is 151 Å². The van der Waals surface area contributed by atoms with Crippen molar-refractivity contribution in [2.45, 2.75) is 0 Å². The van der Waals surface area contributed by atoms with Gasteiger partial charge < -0.3 is 14.8 Å². The molecule has 4 heteroatoms. The lowest BCUT2D eigenvalue weighted by Crippen LogP contribution is -1.87. The zero-order valence-electron chi connectivity index (χ0n) is 14.3. The Morgan fingerprint density at radius 3 is 2.12 bits per heavy atom. The maximum Gasteiger partial charge on any atom is 0.168 e. The van der Waals surface area contributed by atoms with E-state index < -0.39 is 0 Å². The van der Waals surface area contributed by atoms with Gasteiger partial charge in [-0.25, -0.2) is 4.98 Å². The summed E-state index contributed by atoms with van der Waals surface area (Å²) in [5.41, 5.74) is 4.40. The number of hydrogen-bond acceptors (Lipinski definition) is 3. The van der Waals surface area contributed by atoms with E-state index >= 15 is 0 Å². The Bertz CT molecular complexity index is 968. The van der Waals surface area contributed by atoms with Gasteiger partial charge in [-0.1, -0.05) is 66.7 Å². The molecule has 128 valence electrons. The summed E-state index contributed by atoms with van der Waals surface area (Å²) in [4.78, 5) is 8.17. The summed E-state index contributed by atoms with van der Waals surface area (Å²) in [6, 6.07) is 25.4. The molecule has 0 saturated heterocycles. The summed E-state index contributed by atoms with van der Waals surface area (Å²) >= 11 is 0. The van der Waals surface area contributed by atoms with E-state index in [2.05, 4.69) is 4.98 Å². The standard InChI is InChI=1S/C22H18N2O2/c1-26-18-14-8-13-17(21(18)25)22-23-19(15-9-4-2-5-10-15)20(24-22)16-11-6-3-7-12-16/h2-14,25H,1H3,(H,23,24). The topological polar surface area (TPSA) is 58.1 Å². The molecule has 0 amide bonds. The predicted octanol–water partition coefficient (Wildman–Crippen LogP) is 5.12. The monoisotopic (exact) mass is 342 g/mol. The number of methoxy groups -OCH3 is 1. The van der Waals surface area contributed by atoms with E-state index in [1.54, 1.807) is 6.07 Å². The minimum Gasteiger partial charge on any atom is -0.504 e. The summed E-state index contributed by atoms with van der Waals surface area (Å²) in [7, 11) is 1.53. The quantitative estimate of drug-likeness (QED) is 0.541. The van der Waals surface area contributed by atoms with Crippen molar-refractivity contribution < 1.29 is 9.84 Å². The highest BCUT2D eigenvalue weighted by atomic mass is 16.5. The van der Waals surface area contributed by atoms with Crippen molar-refractivity contribution in [3.8, 4) is 45.4 Å². The Morgan fingerprint density at radius 1 is 0.808 bits per heavy atom. The van der Waals surface area contributed by atoms with E-state index in [0.29, 0.717) is 17.1 Å². The summed E-state index contributed by atoms with van der Waals surface area (Å²) in [6.07, 6.45) is 0. The first-order valence-corrected chi connectivity index (χ1v) is 8.35. The number of aromatic hydroxyl groups is 1. The molecule has 4 rings (SSSR count). The molecule has 0 spiro atoms. The van der Waals surface area contributed by atoms with E-state index in [1.807, 2.05) is 72.8 Å². The number of benzene rings is 3. The highest BCUT2D eigenvalue weighted by Crippen LogP contribution is 2.39. The second-order valence-corrected chi connectivity index (χ2v) is 5.90. The van der Waals surface area contributed by atoms with E-state index in [0.717, 1.165) is 22.5 Å². The first-order chi connectivity index (χ1) is 12.8. The molecule has 2 N–H and O–H groups in total. The third kappa shape index (κ3) is 2.82. The van der Waals surface area contributed by atoms with Crippen LogP contribution in [0, 0.1) is 0 Å². The molecule has 0 radical (unpaired) electrons. The molecule has 0 atom stereocenters. The predicted molar refractivity (Wildman–Crippen MR) is 103 cm³/mol. The maximum atomic E-state index is 10.5. The van der Waals surface area contributed by atoms with Gasteiger partial charge in [-0.2, -0.15) is 0 Å². The van der Waals surface area contributed by atoms with E-state index in [9.17, 15) is 5.11 Å². The van der Waals surface area contributed by atoms with Gasteiger partial charge in [-0.05, 0) is 12.1 Å². The molecule has 26 heavy (non-hydrogen) atoms. The Morgan fingerprint density at radius 2 is 1.46 bits per heavy atom. The summed E-state index contributed by atoms with van der Waals surface area (Å²) in [5.74, 6) is 1.09. The van der Waals surface area contributed by atoms with Crippen LogP contribution in [-0.4, -0.2) is 22.2 Å². The van der Waals surface area contributed by atoms with Crippen molar-refractivity contribution in [3.05, 3.63) is 78.9 Å². The number of imidazole rings is 1. The summed E-state index contributed by atoms with van der Waals surface area (Å²) in [6.45, 7) is 0. The van der Waals surface area contributed by atoms with E-state index in [1.165, 1.54) is 7.11 Å². The van der Waals surface area contributed by atoms with E-state index in [4.69, 9.17) is 9.72 Å². The van der Waals surface area contributed by atoms with Crippen molar-refractivity contribution in [1.82, 2.24) is 9.97 Å². The minimum atomic E-state index is 0.0722. The van der Waals surface area contributed by atoms with Gasteiger partial charge in [-0.15, -0.1) is 0 Å². The lowest BCUT2D eigenvalue weighted by molar-refractivity contribution is 0.374. The molecule has 0 bridgehead atoms. The number of rotatable bonds is 4. The number of phenols is 1. The van der Waals surface area contributed by atoms with Crippen LogP contribution in [0.3, 0.4) is 0 Å². The Kier molecular flexibility index (Phi) is 4.15. The van der Waals surface area contributed by atoms with Crippen molar-refractivity contribution in [2.24, 2.45) is 0 Å². The van der Waals surface area contributed by atoms with Gasteiger partial charge in [0.05, 0.1) is 24.1 Å². The first kappa shape index (κ1) is 16.0. The molecular formula is C22H18N2O2. The van der Waals surface area contributed by atoms with Crippen molar-refractivity contribution in [1.29, 1.82) is 0 Å². The fourth-order valence-electron chi connectivity index (χ4n) is 3.00. The van der Waals surface area contributed by atoms with Gasteiger partial charge in [-0.3, -0.25) is 0 Å². The largest absolute Gasteiger partial charge is 0.504 e. The highest BCUT2D eigenvalue weighted by molar-refractivity contribution is 5.82. The highest BCUT2D eigenvalue weighted by Gasteiger charge is 2.18. The van der Waals surface area contributed by atoms with Crippen molar-refractivity contribution in [2.75, 3.05) is 7.11 Å². The van der Waals surface area contributed by atoms with Crippen LogP contribution in [0.4, 0.5) is 0 Å². The van der Waals surface area contributed by atoms with Gasteiger partial charge in [0.15, 0.2) is 11.5 Å². The molecule has 0 aliphatic heterocycles. The number of ether oxygens (including phenoxy) is 1. The molecule has 0 saturated carbocycles. The fourth-order valence-corrected chi connectivity index (χ4v) is 3.00. The van der Waals surface area contributed by atoms with Crippen LogP contribution in [0.1, 0.15) is 0 Å². The van der Waals surface area contributed by atoms with Crippen LogP contribution in [-0.2, 0) is 0 Å². The second-order valence-electron chi connectivity index (χ2n) is 5.90. The lowest BCUT2D eigenvalue weighted by atomic mass is 10.1. The number of aromatic nitrogens is 2. The van der Waals surface area contributed by atoms with Crippen LogP contribution in [0.15, 0.2) is 78.9 Å². The van der Waals surface area contributed by atoms with Crippen LogP contribution in [0.5, 0.6) is 11.5 Å². The molecule has 1 heterocycles. The van der Waals surface area contributed by atoms with Gasteiger partial charge in [0.2, 0.25) is 0 Å².